The third kappa shape index (κ3) is 5.68. The van der Waals surface area contributed by atoms with Gasteiger partial charge in [0, 0.05) is 18.0 Å². The SMILES string of the molecule is C=C(C)[C@@H]1CC[C@]2(CC(=O)Nc3cccnc3)CC[C@]3(C)[C@H](CCC4[C@@]5(C)CC[C@H](OC(=O)CC(C)(C)C(=O)O)C(C)(C)C5CC[C@]43C)[C@@H]12. The van der Waals surface area contributed by atoms with E-state index in [1.54, 1.807) is 26.2 Å². The second-order valence-electron chi connectivity index (χ2n) is 19.2. The summed E-state index contributed by atoms with van der Waals surface area (Å²) in [6.45, 7) is 22.3. The Bertz CT molecular complexity index is 1490. The zero-order valence-corrected chi connectivity index (χ0v) is 31.5. The number of nitrogens with zero attached hydrogens (tertiary/aromatic N) is 1. The van der Waals surface area contributed by atoms with E-state index in [-0.39, 0.29) is 45.5 Å². The molecule has 5 aliphatic carbocycles. The maximum absolute atomic E-state index is 13.7. The molecule has 7 nitrogen and oxygen atoms in total. The molecule has 0 radical (unpaired) electrons. The molecule has 0 saturated heterocycles. The van der Waals surface area contributed by atoms with E-state index in [2.05, 4.69) is 58.4 Å². The number of ether oxygens (including phenoxy) is 1. The lowest BCUT2D eigenvalue weighted by Gasteiger charge is -2.73. The van der Waals surface area contributed by atoms with E-state index in [0.29, 0.717) is 36.0 Å². The van der Waals surface area contributed by atoms with Crippen LogP contribution in [0.15, 0.2) is 36.7 Å². The summed E-state index contributed by atoms with van der Waals surface area (Å²) in [6.07, 6.45) is 14.7. The quantitative estimate of drug-likeness (QED) is 0.210. The van der Waals surface area contributed by atoms with Gasteiger partial charge >= 0.3 is 11.9 Å². The number of rotatable bonds is 8. The molecule has 6 rings (SSSR count). The Hall–Kier alpha value is -2.70. The number of pyridine rings is 1. The molecule has 1 aromatic rings. The Morgan fingerprint density at radius 3 is 2.35 bits per heavy atom. The van der Waals surface area contributed by atoms with Crippen molar-refractivity contribution in [3.8, 4) is 0 Å². The number of aliphatic carboxylic acids is 1. The number of amides is 1. The molecular weight excluding hydrogens is 612 g/mol. The number of anilines is 1. The van der Waals surface area contributed by atoms with Crippen LogP contribution < -0.4 is 5.32 Å². The lowest BCUT2D eigenvalue weighted by molar-refractivity contribution is -0.250. The molecule has 1 aromatic heterocycles. The van der Waals surface area contributed by atoms with Crippen molar-refractivity contribution in [2.75, 3.05) is 5.32 Å². The Balaban J connectivity index is 1.25. The van der Waals surface area contributed by atoms with Gasteiger partial charge in [0.05, 0.1) is 23.7 Å². The van der Waals surface area contributed by atoms with E-state index in [1.165, 1.54) is 24.8 Å². The van der Waals surface area contributed by atoms with Crippen LogP contribution in [-0.2, 0) is 19.1 Å². The van der Waals surface area contributed by atoms with Crippen molar-refractivity contribution in [2.45, 2.75) is 139 Å². The monoisotopic (exact) mass is 674 g/mol. The minimum absolute atomic E-state index is 0.00349. The van der Waals surface area contributed by atoms with Gasteiger partial charge in [-0.25, -0.2) is 0 Å². The van der Waals surface area contributed by atoms with Gasteiger partial charge in [-0.05, 0) is 148 Å². The molecule has 0 bridgehead atoms. The Morgan fingerprint density at radius 2 is 1.69 bits per heavy atom. The zero-order valence-electron chi connectivity index (χ0n) is 31.5. The van der Waals surface area contributed by atoms with Crippen molar-refractivity contribution in [1.82, 2.24) is 4.98 Å². The number of fused-ring (bicyclic) bond motifs is 7. The smallest absolute Gasteiger partial charge is 0.309 e. The molecule has 1 amide bonds. The molecule has 270 valence electrons. The number of esters is 1. The summed E-state index contributed by atoms with van der Waals surface area (Å²) in [4.78, 5) is 42.6. The molecular formula is C42H62N2O5. The minimum Gasteiger partial charge on any atom is -0.481 e. The number of carboxylic acid groups (broad SMARTS) is 1. The number of hydrogen-bond acceptors (Lipinski definition) is 5. The van der Waals surface area contributed by atoms with Crippen molar-refractivity contribution in [2.24, 2.45) is 62.1 Å². The molecule has 10 atom stereocenters. The number of carbonyl (C=O) groups is 3. The summed E-state index contributed by atoms with van der Waals surface area (Å²) in [6, 6.07) is 3.79. The number of nitrogens with one attached hydrogen (secondary N) is 1. The van der Waals surface area contributed by atoms with Crippen molar-refractivity contribution in [3.05, 3.63) is 36.7 Å². The normalized spacial score (nSPS) is 40.9. The van der Waals surface area contributed by atoms with Crippen LogP contribution in [0, 0.1) is 62.1 Å². The first-order chi connectivity index (χ1) is 22.8. The Labute approximate surface area is 294 Å². The molecule has 0 spiro atoms. The van der Waals surface area contributed by atoms with E-state index in [1.807, 2.05) is 12.1 Å². The van der Waals surface area contributed by atoms with E-state index < -0.39 is 17.4 Å². The van der Waals surface area contributed by atoms with Gasteiger partial charge in [0.2, 0.25) is 5.91 Å². The first kappa shape index (κ1) is 36.1. The summed E-state index contributed by atoms with van der Waals surface area (Å²) in [5, 5.41) is 12.8. The number of aromatic nitrogens is 1. The summed E-state index contributed by atoms with van der Waals surface area (Å²) < 4.78 is 6.17. The topological polar surface area (TPSA) is 106 Å². The van der Waals surface area contributed by atoms with Gasteiger partial charge in [0.25, 0.3) is 0 Å². The molecule has 2 N–H and O–H groups in total. The highest BCUT2D eigenvalue weighted by Gasteiger charge is 2.71. The fourth-order valence-corrected chi connectivity index (χ4v) is 13.4. The zero-order chi connectivity index (χ0) is 35.8. The van der Waals surface area contributed by atoms with Gasteiger partial charge in [-0.15, -0.1) is 0 Å². The van der Waals surface area contributed by atoms with Crippen LogP contribution in [0.2, 0.25) is 0 Å². The molecule has 5 aliphatic rings. The molecule has 7 heteroatoms. The number of hydrogen-bond donors (Lipinski definition) is 2. The van der Waals surface area contributed by atoms with Gasteiger partial charge in [-0.2, -0.15) is 0 Å². The maximum atomic E-state index is 13.7. The third-order valence-electron chi connectivity index (χ3n) is 16.1. The fourth-order valence-electron chi connectivity index (χ4n) is 13.4. The van der Waals surface area contributed by atoms with E-state index >= 15 is 0 Å². The van der Waals surface area contributed by atoms with Crippen LogP contribution in [0.1, 0.15) is 132 Å². The molecule has 0 aromatic carbocycles. The van der Waals surface area contributed by atoms with Crippen molar-refractivity contribution in [1.29, 1.82) is 0 Å². The highest BCUT2D eigenvalue weighted by Crippen LogP contribution is 2.78. The van der Waals surface area contributed by atoms with Gasteiger partial charge in [0.15, 0.2) is 0 Å². The summed E-state index contributed by atoms with van der Waals surface area (Å²) >= 11 is 0. The second kappa shape index (κ2) is 12.2. The predicted molar refractivity (Wildman–Crippen MR) is 192 cm³/mol. The first-order valence-electron chi connectivity index (χ1n) is 19.1. The van der Waals surface area contributed by atoms with Crippen LogP contribution in [0.3, 0.4) is 0 Å². The summed E-state index contributed by atoms with van der Waals surface area (Å²) in [7, 11) is 0. The highest BCUT2D eigenvalue weighted by atomic mass is 16.5. The van der Waals surface area contributed by atoms with Crippen molar-refractivity contribution < 1.29 is 24.2 Å². The average Bonchev–Trinajstić information content (AvgIpc) is 3.38. The van der Waals surface area contributed by atoms with E-state index in [4.69, 9.17) is 4.74 Å². The van der Waals surface area contributed by atoms with Crippen LogP contribution in [0.4, 0.5) is 5.69 Å². The lowest BCUT2D eigenvalue weighted by Crippen LogP contribution is -2.66. The predicted octanol–water partition coefficient (Wildman–Crippen LogP) is 9.48. The maximum Gasteiger partial charge on any atom is 0.309 e. The van der Waals surface area contributed by atoms with Crippen molar-refractivity contribution in [3.63, 3.8) is 0 Å². The van der Waals surface area contributed by atoms with Crippen LogP contribution in [0.5, 0.6) is 0 Å². The number of carboxylic acids is 1. The molecule has 2 unspecified atom stereocenters. The molecule has 5 saturated carbocycles. The van der Waals surface area contributed by atoms with Crippen molar-refractivity contribution >= 4 is 23.5 Å². The lowest BCUT2D eigenvalue weighted by atomic mass is 9.32. The summed E-state index contributed by atoms with van der Waals surface area (Å²) in [5.74, 6) is 1.22. The average molecular weight is 675 g/mol. The van der Waals surface area contributed by atoms with E-state index in [9.17, 15) is 19.5 Å². The number of allylic oxidation sites excluding steroid dienone is 1. The Kier molecular flexibility index (Phi) is 9.00. The van der Waals surface area contributed by atoms with E-state index in [0.717, 1.165) is 50.6 Å². The second-order valence-corrected chi connectivity index (χ2v) is 19.2. The van der Waals surface area contributed by atoms with Gasteiger partial charge in [-0.1, -0.05) is 46.8 Å². The third-order valence-corrected chi connectivity index (χ3v) is 16.1. The first-order valence-corrected chi connectivity index (χ1v) is 19.1. The number of carbonyl (C=O) groups excluding carboxylic acids is 2. The largest absolute Gasteiger partial charge is 0.481 e. The van der Waals surface area contributed by atoms with Crippen LogP contribution in [0.25, 0.3) is 0 Å². The molecule has 0 aliphatic heterocycles. The Morgan fingerprint density at radius 1 is 0.959 bits per heavy atom. The standard InChI is InChI=1S/C42H62N2O5/c1-26(2)28-14-19-42(23-33(45)44-27-11-10-22-43-25-27)21-20-40(8)29(35(28)42)12-13-31-39(7)17-16-32(49-34(46)24-37(3,4)36(47)48)38(5,6)30(39)15-18-41(31,40)9/h10-11,22,25,28-32,35H,1,12-21,23-24H2,2-9H3,(H,44,45)(H,47,48)/t28-,29+,30?,31?,32-,35+,39-,40+,41+,42+/m0/s1. The van der Waals surface area contributed by atoms with Gasteiger partial charge in [-0.3, -0.25) is 19.4 Å². The molecule has 49 heavy (non-hydrogen) atoms. The molecule has 5 fully saturated rings. The van der Waals surface area contributed by atoms with Crippen LogP contribution in [-0.4, -0.2) is 34.0 Å². The minimum atomic E-state index is -1.14. The summed E-state index contributed by atoms with van der Waals surface area (Å²) in [5.41, 5.74) is 1.20. The van der Waals surface area contributed by atoms with Gasteiger partial charge in [0.1, 0.15) is 6.10 Å². The highest BCUT2D eigenvalue weighted by molar-refractivity contribution is 5.91. The van der Waals surface area contributed by atoms with Crippen LogP contribution >= 0.6 is 0 Å². The molecule has 1 heterocycles. The fraction of sp³-hybridized carbons (Fsp3) is 0.762. The van der Waals surface area contributed by atoms with Gasteiger partial charge < -0.3 is 15.2 Å².